The van der Waals surface area contributed by atoms with E-state index in [9.17, 15) is 9.59 Å². The first-order valence-corrected chi connectivity index (χ1v) is 8.23. The van der Waals surface area contributed by atoms with Gasteiger partial charge in [0.15, 0.2) is 0 Å². The molecule has 0 amide bonds. The third-order valence-corrected chi connectivity index (χ3v) is 3.16. The fourth-order valence-corrected chi connectivity index (χ4v) is 1.82. The highest BCUT2D eigenvalue weighted by Gasteiger charge is 1.94. The van der Waals surface area contributed by atoms with Gasteiger partial charge in [0.1, 0.15) is 0 Å². The average molecular weight is 350 g/mol. The maximum absolute atomic E-state index is 10.9. The number of carbonyl (C=O) groups excluding carboxylic acids is 2. The molecule has 26 heavy (non-hydrogen) atoms. The van der Waals surface area contributed by atoms with Crippen LogP contribution in [0, 0.1) is 23.7 Å². The molecule has 4 nitrogen and oxygen atoms in total. The Bertz CT molecular complexity index is 713. The van der Waals surface area contributed by atoms with E-state index in [1.807, 2.05) is 24.3 Å². The number of rotatable bonds is 6. The molecule has 0 spiro atoms. The summed E-state index contributed by atoms with van der Waals surface area (Å²) in [5, 5.41) is 0. The summed E-state index contributed by atoms with van der Waals surface area (Å²) in [6.07, 6.45) is 8.94. The van der Waals surface area contributed by atoms with Crippen molar-refractivity contribution in [3.8, 4) is 23.7 Å². The molecule has 0 saturated carbocycles. The van der Waals surface area contributed by atoms with Crippen molar-refractivity contribution < 1.29 is 19.1 Å². The molecular formula is C22H22O4. The summed E-state index contributed by atoms with van der Waals surface area (Å²) in [5.74, 6) is 11.7. The Hall–Kier alpha value is -3.24. The zero-order valence-corrected chi connectivity index (χ0v) is 15.1. The van der Waals surface area contributed by atoms with Crippen LogP contribution < -0.4 is 0 Å². The lowest BCUT2D eigenvalue weighted by molar-refractivity contribution is -0.135. The Morgan fingerprint density at radius 3 is 1.65 bits per heavy atom. The molecule has 1 aromatic carbocycles. The second-order valence-corrected chi connectivity index (χ2v) is 5.08. The van der Waals surface area contributed by atoms with Gasteiger partial charge in [0.25, 0.3) is 0 Å². The molecule has 0 N–H and O–H groups in total. The summed E-state index contributed by atoms with van der Waals surface area (Å²) in [6, 6.07) is 7.70. The molecular weight excluding hydrogens is 328 g/mol. The Morgan fingerprint density at radius 1 is 0.846 bits per heavy atom. The normalized spacial score (nSPS) is 9.92. The molecule has 1 rings (SSSR count). The van der Waals surface area contributed by atoms with Crippen LogP contribution in [0.25, 0.3) is 0 Å². The zero-order chi connectivity index (χ0) is 19.0. The third kappa shape index (κ3) is 9.15. The molecule has 0 saturated heterocycles. The Balaban J connectivity index is 2.56. The van der Waals surface area contributed by atoms with Crippen LogP contribution in [0.3, 0.4) is 0 Å². The molecule has 0 radical (unpaired) electrons. The van der Waals surface area contributed by atoms with Crippen LogP contribution in [0.4, 0.5) is 0 Å². The van der Waals surface area contributed by atoms with Crippen molar-refractivity contribution in [2.75, 3.05) is 14.2 Å². The maximum Gasteiger partial charge on any atom is 0.330 e. The topological polar surface area (TPSA) is 52.6 Å². The molecule has 0 aliphatic carbocycles. The summed E-state index contributed by atoms with van der Waals surface area (Å²) < 4.78 is 9.03. The predicted octanol–water partition coefficient (Wildman–Crippen LogP) is 3.41. The molecule has 134 valence electrons. The van der Waals surface area contributed by atoms with Gasteiger partial charge in [-0.2, -0.15) is 0 Å². The van der Waals surface area contributed by atoms with Gasteiger partial charge in [-0.05, 0) is 25.0 Å². The van der Waals surface area contributed by atoms with Crippen LogP contribution in [0.5, 0.6) is 0 Å². The number of carbonyl (C=O) groups is 2. The quantitative estimate of drug-likeness (QED) is 0.341. The van der Waals surface area contributed by atoms with E-state index in [1.54, 1.807) is 12.2 Å². The van der Waals surface area contributed by atoms with Crippen LogP contribution in [0.15, 0.2) is 48.6 Å². The number of methoxy groups -OCH3 is 2. The van der Waals surface area contributed by atoms with Crippen LogP contribution in [-0.2, 0) is 19.1 Å². The molecule has 0 bridgehead atoms. The van der Waals surface area contributed by atoms with E-state index >= 15 is 0 Å². The van der Waals surface area contributed by atoms with Crippen molar-refractivity contribution in [1.82, 2.24) is 0 Å². The smallest absolute Gasteiger partial charge is 0.330 e. The van der Waals surface area contributed by atoms with Crippen molar-refractivity contribution in [3.63, 3.8) is 0 Å². The van der Waals surface area contributed by atoms with Gasteiger partial charge in [0.2, 0.25) is 0 Å². The van der Waals surface area contributed by atoms with Crippen LogP contribution in [0.1, 0.15) is 36.8 Å². The van der Waals surface area contributed by atoms with Gasteiger partial charge >= 0.3 is 11.9 Å². The Morgan fingerprint density at radius 2 is 1.27 bits per heavy atom. The number of unbranched alkanes of at least 4 members (excludes halogenated alkanes) is 2. The van der Waals surface area contributed by atoms with E-state index in [2.05, 4.69) is 33.2 Å². The minimum absolute atomic E-state index is 0.361. The van der Waals surface area contributed by atoms with Crippen molar-refractivity contribution >= 4 is 11.9 Å². The van der Waals surface area contributed by atoms with Gasteiger partial charge in [-0.25, -0.2) is 9.59 Å². The van der Waals surface area contributed by atoms with E-state index in [0.29, 0.717) is 25.7 Å². The molecule has 1 aromatic rings. The number of esters is 2. The molecule has 0 atom stereocenters. The van der Waals surface area contributed by atoms with Gasteiger partial charge in [-0.15, -0.1) is 0 Å². The fourth-order valence-electron chi connectivity index (χ4n) is 1.82. The second-order valence-electron chi connectivity index (χ2n) is 5.08. The number of allylic oxidation sites excluding steroid dienone is 2. The number of benzene rings is 1. The summed E-state index contributed by atoms with van der Waals surface area (Å²) in [7, 11) is 2.69. The maximum atomic E-state index is 10.9. The second kappa shape index (κ2) is 13.1. The fraction of sp³-hybridized carbons (Fsp3) is 0.273. The van der Waals surface area contributed by atoms with Crippen molar-refractivity contribution in [1.29, 1.82) is 0 Å². The van der Waals surface area contributed by atoms with E-state index in [-0.39, 0.29) is 11.9 Å². The first-order valence-electron chi connectivity index (χ1n) is 8.23. The van der Waals surface area contributed by atoms with E-state index < -0.39 is 0 Å². The molecule has 0 heterocycles. The molecule has 0 unspecified atom stereocenters. The standard InChI is InChI=1S/C22H22O4/c1-25-21(23)17-9-5-3-7-13-19-15-11-12-16-20(19)14-8-4-6-10-18-22(24)26-2/h9-12,15-18H,3-6H2,1-2H3/b17-9+,18-10+. The first-order chi connectivity index (χ1) is 12.7. The van der Waals surface area contributed by atoms with Crippen LogP contribution in [-0.4, -0.2) is 26.2 Å². The lowest BCUT2D eigenvalue weighted by atomic mass is 10.1. The monoisotopic (exact) mass is 350 g/mol. The molecule has 0 fully saturated rings. The van der Waals surface area contributed by atoms with Crippen molar-refractivity contribution in [3.05, 3.63) is 59.7 Å². The van der Waals surface area contributed by atoms with Gasteiger partial charge in [0, 0.05) is 36.1 Å². The summed E-state index contributed by atoms with van der Waals surface area (Å²) >= 11 is 0. The number of hydrogen-bond acceptors (Lipinski definition) is 4. The number of hydrogen-bond donors (Lipinski definition) is 0. The van der Waals surface area contributed by atoms with Gasteiger partial charge < -0.3 is 9.47 Å². The molecule has 4 heteroatoms. The van der Waals surface area contributed by atoms with E-state index in [4.69, 9.17) is 0 Å². The van der Waals surface area contributed by atoms with Crippen LogP contribution in [0.2, 0.25) is 0 Å². The largest absolute Gasteiger partial charge is 0.466 e. The Labute approximate surface area is 154 Å². The first kappa shape index (κ1) is 20.8. The minimum atomic E-state index is -0.361. The highest BCUT2D eigenvalue weighted by Crippen LogP contribution is 2.06. The van der Waals surface area contributed by atoms with Gasteiger partial charge in [0.05, 0.1) is 14.2 Å². The third-order valence-electron chi connectivity index (χ3n) is 3.16. The lowest BCUT2D eigenvalue weighted by Gasteiger charge is -1.95. The summed E-state index contributed by atoms with van der Waals surface area (Å²) in [4.78, 5) is 21.9. The van der Waals surface area contributed by atoms with Gasteiger partial charge in [-0.1, -0.05) is 48.0 Å². The SMILES string of the molecule is COC(=O)/C=C/CCC#Cc1ccccc1C#CCC/C=C/C(=O)OC. The van der Waals surface area contributed by atoms with Crippen molar-refractivity contribution in [2.45, 2.75) is 25.7 Å². The average Bonchev–Trinajstić information content (AvgIpc) is 2.67. The van der Waals surface area contributed by atoms with Gasteiger partial charge in [-0.3, -0.25) is 0 Å². The summed E-state index contributed by atoms with van der Waals surface area (Å²) in [6.45, 7) is 0. The lowest BCUT2D eigenvalue weighted by Crippen LogP contribution is -1.93. The minimum Gasteiger partial charge on any atom is -0.466 e. The highest BCUT2D eigenvalue weighted by molar-refractivity contribution is 5.82. The van der Waals surface area contributed by atoms with Crippen molar-refractivity contribution in [2.24, 2.45) is 0 Å². The zero-order valence-electron chi connectivity index (χ0n) is 15.1. The molecule has 0 aliphatic rings. The predicted molar refractivity (Wildman–Crippen MR) is 101 cm³/mol. The summed E-state index contributed by atoms with van der Waals surface area (Å²) in [5.41, 5.74) is 1.75. The van der Waals surface area contributed by atoms with E-state index in [1.165, 1.54) is 26.4 Å². The molecule has 0 aliphatic heterocycles. The van der Waals surface area contributed by atoms with E-state index in [0.717, 1.165) is 11.1 Å². The highest BCUT2D eigenvalue weighted by atomic mass is 16.5. The molecule has 0 aromatic heterocycles. The number of ether oxygens (including phenoxy) is 2. The van der Waals surface area contributed by atoms with Crippen LogP contribution >= 0.6 is 0 Å². The Kier molecular flexibility index (Phi) is 10.5.